The number of benzene rings is 1. The molecule has 0 saturated carbocycles. The van der Waals surface area contributed by atoms with Gasteiger partial charge >= 0.3 is 6.09 Å². The molecule has 1 aliphatic rings. The number of sulfone groups is 1. The Morgan fingerprint density at radius 1 is 1.26 bits per heavy atom. The standard InChI is InChI=1S/C21H28FN7O5S/c1-35(31,32)10-9-34-28-16-5-7-29(8-6-16)20-25-11-15(12-26-20)17-4-2-3-14(18(17)22)13-33-21(30)27-19(23)24/h2-4,11-12,19H,5-10,13,23-24H2,1H3,(H,27,30). The molecular formula is C21H28FN7O5S. The number of amides is 1. The number of piperidine rings is 1. The second kappa shape index (κ2) is 11.9. The number of alkyl carbamates (subject to hydrolysis) is 1. The lowest BCUT2D eigenvalue weighted by Gasteiger charge is -2.27. The van der Waals surface area contributed by atoms with Crippen LogP contribution in [0.25, 0.3) is 11.1 Å². The Morgan fingerprint density at radius 3 is 2.57 bits per heavy atom. The van der Waals surface area contributed by atoms with Crippen LogP contribution in [0.3, 0.4) is 0 Å². The van der Waals surface area contributed by atoms with Crippen LogP contribution in [0.2, 0.25) is 0 Å². The number of carbonyl (C=O) groups is 1. The second-order valence-electron chi connectivity index (χ2n) is 7.90. The van der Waals surface area contributed by atoms with Gasteiger partial charge in [0.25, 0.3) is 0 Å². The third-order valence-corrected chi connectivity index (χ3v) is 5.94. The summed E-state index contributed by atoms with van der Waals surface area (Å²) in [5, 5.41) is 6.17. The Kier molecular flexibility index (Phi) is 8.89. The Balaban J connectivity index is 1.57. The smallest absolute Gasteiger partial charge is 0.409 e. The highest BCUT2D eigenvalue weighted by Gasteiger charge is 2.19. The maximum atomic E-state index is 15.0. The molecule has 2 heterocycles. The van der Waals surface area contributed by atoms with Crippen LogP contribution in [-0.4, -0.2) is 68.2 Å². The molecule has 1 amide bonds. The van der Waals surface area contributed by atoms with Gasteiger partial charge in [0.1, 0.15) is 25.3 Å². The molecule has 35 heavy (non-hydrogen) atoms. The molecule has 0 atom stereocenters. The molecule has 0 bridgehead atoms. The number of nitrogens with zero attached hydrogens (tertiary/aromatic N) is 4. The van der Waals surface area contributed by atoms with Crippen molar-refractivity contribution in [2.45, 2.75) is 25.7 Å². The molecule has 190 valence electrons. The van der Waals surface area contributed by atoms with Crippen molar-refractivity contribution in [1.82, 2.24) is 15.3 Å². The number of rotatable bonds is 9. The van der Waals surface area contributed by atoms with Gasteiger partial charge in [0.2, 0.25) is 5.95 Å². The summed E-state index contributed by atoms with van der Waals surface area (Å²) in [5.74, 6) is -0.130. The minimum absolute atomic E-state index is 0.0234. The molecule has 0 aliphatic carbocycles. The first-order valence-corrected chi connectivity index (χ1v) is 12.8. The molecule has 3 rings (SSSR count). The molecule has 1 saturated heterocycles. The lowest BCUT2D eigenvalue weighted by molar-refractivity contribution is 0.135. The summed E-state index contributed by atoms with van der Waals surface area (Å²) in [4.78, 5) is 27.3. The summed E-state index contributed by atoms with van der Waals surface area (Å²) in [6, 6.07) is 4.73. The fourth-order valence-electron chi connectivity index (χ4n) is 3.24. The first-order chi connectivity index (χ1) is 16.6. The average Bonchev–Trinajstić information content (AvgIpc) is 2.81. The number of ether oxygens (including phenoxy) is 1. The van der Waals surface area contributed by atoms with Gasteiger partial charge in [-0.2, -0.15) is 0 Å². The normalized spacial score (nSPS) is 14.1. The Bertz CT molecular complexity index is 1150. The number of hydrogen-bond acceptors (Lipinski definition) is 11. The highest BCUT2D eigenvalue weighted by Crippen LogP contribution is 2.25. The summed E-state index contributed by atoms with van der Waals surface area (Å²) in [7, 11) is -3.08. The van der Waals surface area contributed by atoms with E-state index in [1.807, 2.05) is 4.90 Å². The number of aromatic nitrogens is 2. The van der Waals surface area contributed by atoms with Gasteiger partial charge in [-0.1, -0.05) is 23.4 Å². The lowest BCUT2D eigenvalue weighted by atomic mass is 10.1. The average molecular weight is 510 g/mol. The number of nitrogens with one attached hydrogen (secondary N) is 1. The van der Waals surface area contributed by atoms with Crippen molar-refractivity contribution < 1.29 is 27.2 Å². The summed E-state index contributed by atoms with van der Waals surface area (Å²) < 4.78 is 42.1. The molecule has 0 spiro atoms. The van der Waals surface area contributed by atoms with E-state index < -0.39 is 28.0 Å². The molecule has 0 unspecified atom stereocenters. The monoisotopic (exact) mass is 509 g/mol. The summed E-state index contributed by atoms with van der Waals surface area (Å²) in [6.45, 7) is 0.953. The maximum absolute atomic E-state index is 15.0. The van der Waals surface area contributed by atoms with Crippen LogP contribution in [0.1, 0.15) is 18.4 Å². The van der Waals surface area contributed by atoms with Crippen LogP contribution < -0.4 is 21.7 Å². The van der Waals surface area contributed by atoms with Gasteiger partial charge in [-0.15, -0.1) is 0 Å². The van der Waals surface area contributed by atoms with Crippen molar-refractivity contribution in [3.63, 3.8) is 0 Å². The SMILES string of the molecule is CS(=O)(=O)CCON=C1CCN(c2ncc(-c3cccc(COC(=O)NC(N)N)c3F)cn2)CC1. The highest BCUT2D eigenvalue weighted by atomic mass is 32.2. The first-order valence-electron chi connectivity index (χ1n) is 10.8. The minimum Gasteiger partial charge on any atom is -0.445 e. The van der Waals surface area contributed by atoms with Gasteiger partial charge in [0.15, 0.2) is 9.84 Å². The van der Waals surface area contributed by atoms with Crippen LogP contribution in [0.4, 0.5) is 15.1 Å². The van der Waals surface area contributed by atoms with Crippen molar-refractivity contribution >= 4 is 27.6 Å². The van der Waals surface area contributed by atoms with Crippen LogP contribution >= 0.6 is 0 Å². The molecule has 1 fully saturated rings. The van der Waals surface area contributed by atoms with E-state index in [0.29, 0.717) is 37.4 Å². The van der Waals surface area contributed by atoms with Crippen molar-refractivity contribution in [1.29, 1.82) is 0 Å². The van der Waals surface area contributed by atoms with E-state index in [4.69, 9.17) is 21.0 Å². The number of hydrogen-bond donors (Lipinski definition) is 3. The zero-order valence-electron chi connectivity index (χ0n) is 19.2. The van der Waals surface area contributed by atoms with Gasteiger partial charge in [-0.25, -0.2) is 27.6 Å². The number of halogens is 1. The van der Waals surface area contributed by atoms with E-state index in [2.05, 4.69) is 20.4 Å². The number of anilines is 1. The third kappa shape index (κ3) is 8.12. The summed E-state index contributed by atoms with van der Waals surface area (Å²) >= 11 is 0. The molecule has 1 aromatic carbocycles. The molecule has 12 nitrogen and oxygen atoms in total. The number of oxime groups is 1. The number of carbonyl (C=O) groups excluding carboxylic acids is 1. The molecular weight excluding hydrogens is 481 g/mol. The lowest BCUT2D eigenvalue weighted by Crippen LogP contribution is -2.48. The van der Waals surface area contributed by atoms with E-state index in [1.54, 1.807) is 12.1 Å². The number of nitrogens with two attached hydrogens (primary N) is 2. The van der Waals surface area contributed by atoms with E-state index in [1.165, 1.54) is 18.5 Å². The molecule has 0 radical (unpaired) electrons. The topological polar surface area (TPSA) is 175 Å². The van der Waals surface area contributed by atoms with E-state index >= 15 is 0 Å². The van der Waals surface area contributed by atoms with E-state index in [0.717, 1.165) is 12.0 Å². The van der Waals surface area contributed by atoms with Crippen LogP contribution in [0.15, 0.2) is 35.7 Å². The predicted molar refractivity (Wildman–Crippen MR) is 127 cm³/mol. The molecule has 2 aromatic rings. The van der Waals surface area contributed by atoms with Crippen molar-refractivity contribution in [3.05, 3.63) is 42.0 Å². The second-order valence-corrected chi connectivity index (χ2v) is 10.2. The fourth-order valence-corrected chi connectivity index (χ4v) is 3.62. The maximum Gasteiger partial charge on any atom is 0.409 e. The summed E-state index contributed by atoms with van der Waals surface area (Å²) in [5.41, 5.74) is 12.3. The fraction of sp³-hybridized carbons (Fsp3) is 0.429. The molecule has 1 aromatic heterocycles. The van der Waals surface area contributed by atoms with Gasteiger partial charge in [0.05, 0.1) is 11.5 Å². The van der Waals surface area contributed by atoms with Crippen molar-refractivity contribution in [2.75, 3.05) is 36.6 Å². The first kappa shape index (κ1) is 26.2. The molecule has 1 aliphatic heterocycles. The Hall–Kier alpha value is -3.36. The predicted octanol–water partition coefficient (Wildman–Crippen LogP) is 0.727. The molecule has 5 N–H and O–H groups in total. The minimum atomic E-state index is -3.08. The highest BCUT2D eigenvalue weighted by molar-refractivity contribution is 7.90. The quantitative estimate of drug-likeness (QED) is 0.248. The molecule has 14 heteroatoms. The van der Waals surface area contributed by atoms with E-state index in [9.17, 15) is 17.6 Å². The van der Waals surface area contributed by atoms with Crippen molar-refractivity contribution in [3.8, 4) is 11.1 Å². The zero-order chi connectivity index (χ0) is 25.4. The van der Waals surface area contributed by atoms with Crippen LogP contribution in [0.5, 0.6) is 0 Å². The van der Waals surface area contributed by atoms with Gasteiger partial charge in [0, 0.05) is 61.3 Å². The zero-order valence-corrected chi connectivity index (χ0v) is 20.0. The van der Waals surface area contributed by atoms with Crippen molar-refractivity contribution in [2.24, 2.45) is 16.6 Å². The largest absolute Gasteiger partial charge is 0.445 e. The van der Waals surface area contributed by atoms with Gasteiger partial charge in [-0.3, -0.25) is 16.8 Å². The summed E-state index contributed by atoms with van der Waals surface area (Å²) in [6.07, 6.45) is 3.54. The third-order valence-electron chi connectivity index (χ3n) is 5.03. The van der Waals surface area contributed by atoms with E-state index in [-0.39, 0.29) is 30.1 Å². The Morgan fingerprint density at radius 2 is 1.94 bits per heavy atom. The van der Waals surface area contributed by atoms with Gasteiger partial charge in [-0.05, 0) is 0 Å². The van der Waals surface area contributed by atoms with Crippen LogP contribution in [-0.2, 0) is 26.0 Å². The Labute approximate surface area is 202 Å². The van der Waals surface area contributed by atoms with Crippen LogP contribution in [0, 0.1) is 5.82 Å². The van der Waals surface area contributed by atoms with Gasteiger partial charge < -0.3 is 14.5 Å².